The van der Waals surface area contributed by atoms with Crippen molar-refractivity contribution in [2.24, 2.45) is 0 Å². The third-order valence-corrected chi connectivity index (χ3v) is 12.0. The number of hydrogen-bond acceptors (Lipinski definition) is 2. The second-order valence-corrected chi connectivity index (χ2v) is 15.2. The minimum Gasteiger partial charge on any atom is -0.228 e. The highest BCUT2D eigenvalue weighted by molar-refractivity contribution is 6.05. The molecule has 1 aromatic heterocycles. The summed E-state index contributed by atoms with van der Waals surface area (Å²) in [6.07, 6.45) is 0. The van der Waals surface area contributed by atoms with E-state index < -0.39 is 5.41 Å². The van der Waals surface area contributed by atoms with Crippen molar-refractivity contribution in [1.82, 2.24) is 9.97 Å². The van der Waals surface area contributed by atoms with Gasteiger partial charge in [0.05, 0.1) is 16.8 Å². The zero-order valence-corrected chi connectivity index (χ0v) is 32.3. The lowest BCUT2D eigenvalue weighted by atomic mass is 9.67. The van der Waals surface area contributed by atoms with Crippen molar-refractivity contribution in [3.63, 3.8) is 0 Å². The summed E-state index contributed by atoms with van der Waals surface area (Å²) < 4.78 is 0. The topological polar surface area (TPSA) is 25.8 Å². The lowest BCUT2D eigenvalue weighted by Crippen LogP contribution is -2.28. The molecule has 10 aromatic rings. The quantitative estimate of drug-likeness (QED) is 0.162. The third-order valence-electron chi connectivity index (χ3n) is 12.0. The predicted molar refractivity (Wildman–Crippen MR) is 244 cm³/mol. The minimum absolute atomic E-state index is 0.434. The fourth-order valence-corrected chi connectivity index (χ4v) is 9.40. The summed E-state index contributed by atoms with van der Waals surface area (Å²) in [4.78, 5) is 10.7. The molecule has 0 saturated carbocycles. The van der Waals surface area contributed by atoms with Crippen LogP contribution in [0.15, 0.2) is 231 Å². The Bertz CT molecular complexity index is 3100. The number of fused-ring (bicyclic) bond motifs is 4. The van der Waals surface area contributed by atoms with E-state index in [1.807, 2.05) is 6.07 Å². The van der Waals surface area contributed by atoms with Crippen LogP contribution in [0.3, 0.4) is 0 Å². The second-order valence-electron chi connectivity index (χ2n) is 15.2. The van der Waals surface area contributed by atoms with Gasteiger partial charge in [-0.2, -0.15) is 0 Å². The van der Waals surface area contributed by atoms with Crippen LogP contribution >= 0.6 is 0 Å². The van der Waals surface area contributed by atoms with Gasteiger partial charge in [-0.05, 0) is 84.6 Å². The van der Waals surface area contributed by atoms with Crippen molar-refractivity contribution in [3.05, 3.63) is 253 Å². The zero-order chi connectivity index (χ0) is 39.2. The highest BCUT2D eigenvalue weighted by atomic mass is 14.9. The number of benzene rings is 9. The van der Waals surface area contributed by atoms with Crippen LogP contribution in [0.25, 0.3) is 78.1 Å². The molecular formula is C57H38N2. The molecule has 59 heavy (non-hydrogen) atoms. The standard InChI is InChI=1S/C57H38N2/c1-5-19-39(20-6-1)44-27-13-16-31-49(44)55-38-54(40-21-7-2-8-22-40)58-56(59-55)50-35-34-45(46-28-14-15-29-47(46)50)41-33-36-53-51(37-41)48-30-17-18-32-52(48)57(53,42-23-9-3-10-24-42)43-25-11-4-12-26-43/h1-38H. The van der Waals surface area contributed by atoms with Crippen molar-refractivity contribution in [2.45, 2.75) is 5.41 Å². The lowest BCUT2D eigenvalue weighted by molar-refractivity contribution is 0.768. The van der Waals surface area contributed by atoms with E-state index in [4.69, 9.17) is 9.97 Å². The maximum Gasteiger partial charge on any atom is 0.161 e. The molecule has 2 heteroatoms. The Kier molecular flexibility index (Phi) is 8.41. The summed E-state index contributed by atoms with van der Waals surface area (Å²) >= 11 is 0. The lowest BCUT2D eigenvalue weighted by Gasteiger charge is -2.33. The van der Waals surface area contributed by atoms with Gasteiger partial charge in [-0.15, -0.1) is 0 Å². The molecule has 0 aliphatic heterocycles. The van der Waals surface area contributed by atoms with Gasteiger partial charge in [0, 0.05) is 16.7 Å². The molecule has 1 heterocycles. The van der Waals surface area contributed by atoms with Crippen LogP contribution in [-0.2, 0) is 5.41 Å². The Hall–Kier alpha value is -7.68. The first-order valence-electron chi connectivity index (χ1n) is 20.2. The van der Waals surface area contributed by atoms with Gasteiger partial charge in [-0.3, -0.25) is 0 Å². The molecule has 2 nitrogen and oxygen atoms in total. The van der Waals surface area contributed by atoms with Crippen molar-refractivity contribution in [3.8, 4) is 67.3 Å². The molecule has 0 radical (unpaired) electrons. The van der Waals surface area contributed by atoms with Gasteiger partial charge in [-0.1, -0.05) is 212 Å². The van der Waals surface area contributed by atoms with E-state index in [1.54, 1.807) is 0 Å². The van der Waals surface area contributed by atoms with E-state index in [1.165, 1.54) is 44.5 Å². The maximum absolute atomic E-state index is 5.37. The Labute approximate surface area is 344 Å². The Balaban J connectivity index is 1.09. The summed E-state index contributed by atoms with van der Waals surface area (Å²) in [6, 6.07) is 82.8. The molecule has 0 bridgehead atoms. The molecule has 11 rings (SSSR count). The molecular weight excluding hydrogens is 713 g/mol. The minimum atomic E-state index is -0.434. The summed E-state index contributed by atoms with van der Waals surface area (Å²) in [7, 11) is 0. The highest BCUT2D eigenvalue weighted by Gasteiger charge is 2.46. The van der Waals surface area contributed by atoms with Crippen molar-refractivity contribution < 1.29 is 0 Å². The van der Waals surface area contributed by atoms with E-state index in [2.05, 4.69) is 224 Å². The Morgan fingerprint density at radius 1 is 0.271 bits per heavy atom. The van der Waals surface area contributed by atoms with Crippen molar-refractivity contribution in [1.29, 1.82) is 0 Å². The van der Waals surface area contributed by atoms with Gasteiger partial charge in [0.1, 0.15) is 0 Å². The molecule has 0 N–H and O–H groups in total. The average Bonchev–Trinajstić information content (AvgIpc) is 3.62. The van der Waals surface area contributed by atoms with Gasteiger partial charge in [0.15, 0.2) is 5.82 Å². The molecule has 0 spiro atoms. The van der Waals surface area contributed by atoms with Gasteiger partial charge in [-0.25, -0.2) is 9.97 Å². The first-order valence-corrected chi connectivity index (χ1v) is 20.2. The SMILES string of the molecule is c1ccc(-c2cc(-c3ccccc3-c3ccccc3)nc(-c3ccc(-c4ccc5c(c4)-c4ccccc4C5(c4ccccc4)c4ccccc4)c4ccccc34)n2)cc1. The van der Waals surface area contributed by atoms with E-state index in [9.17, 15) is 0 Å². The maximum atomic E-state index is 5.37. The van der Waals surface area contributed by atoms with Crippen LogP contribution in [0, 0.1) is 0 Å². The molecule has 0 saturated heterocycles. The van der Waals surface area contributed by atoms with Crippen molar-refractivity contribution >= 4 is 10.8 Å². The number of nitrogens with zero attached hydrogens (tertiary/aromatic N) is 2. The highest BCUT2D eigenvalue weighted by Crippen LogP contribution is 2.56. The molecule has 276 valence electrons. The van der Waals surface area contributed by atoms with Crippen LogP contribution < -0.4 is 0 Å². The van der Waals surface area contributed by atoms with Crippen LogP contribution in [0.5, 0.6) is 0 Å². The fraction of sp³-hybridized carbons (Fsp3) is 0.0175. The fourth-order valence-electron chi connectivity index (χ4n) is 9.40. The van der Waals surface area contributed by atoms with E-state index in [0.29, 0.717) is 5.82 Å². The van der Waals surface area contributed by atoms with Crippen molar-refractivity contribution in [2.75, 3.05) is 0 Å². The molecule has 1 aliphatic rings. The normalized spacial score (nSPS) is 12.5. The van der Waals surface area contributed by atoms with Gasteiger partial charge in [0.2, 0.25) is 0 Å². The number of hydrogen-bond donors (Lipinski definition) is 0. The largest absolute Gasteiger partial charge is 0.228 e. The first kappa shape index (κ1) is 34.6. The monoisotopic (exact) mass is 750 g/mol. The van der Waals surface area contributed by atoms with E-state index in [0.717, 1.165) is 50.0 Å². The van der Waals surface area contributed by atoms with E-state index in [-0.39, 0.29) is 0 Å². The number of rotatable bonds is 7. The molecule has 1 aliphatic carbocycles. The smallest absolute Gasteiger partial charge is 0.161 e. The van der Waals surface area contributed by atoms with Crippen LogP contribution in [0.2, 0.25) is 0 Å². The summed E-state index contributed by atoms with van der Waals surface area (Å²) in [5.41, 5.74) is 16.8. The van der Waals surface area contributed by atoms with Gasteiger partial charge < -0.3 is 0 Å². The van der Waals surface area contributed by atoms with Crippen LogP contribution in [-0.4, -0.2) is 9.97 Å². The second kappa shape index (κ2) is 14.4. The predicted octanol–water partition coefficient (Wildman–Crippen LogP) is 14.3. The summed E-state index contributed by atoms with van der Waals surface area (Å²) in [5, 5.41) is 2.27. The number of aromatic nitrogens is 2. The van der Waals surface area contributed by atoms with Gasteiger partial charge >= 0.3 is 0 Å². The Morgan fingerprint density at radius 2 is 0.763 bits per heavy atom. The summed E-state index contributed by atoms with van der Waals surface area (Å²) in [6.45, 7) is 0. The first-order chi connectivity index (χ1) is 29.3. The molecule has 0 unspecified atom stereocenters. The molecule has 0 atom stereocenters. The average molecular weight is 751 g/mol. The van der Waals surface area contributed by atoms with Crippen LogP contribution in [0.1, 0.15) is 22.3 Å². The van der Waals surface area contributed by atoms with Crippen LogP contribution in [0.4, 0.5) is 0 Å². The van der Waals surface area contributed by atoms with Gasteiger partial charge in [0.25, 0.3) is 0 Å². The summed E-state index contributed by atoms with van der Waals surface area (Å²) in [5.74, 6) is 0.699. The molecule has 0 amide bonds. The molecule has 0 fully saturated rings. The molecule has 9 aromatic carbocycles. The van der Waals surface area contributed by atoms with E-state index >= 15 is 0 Å². The third kappa shape index (κ3) is 5.72. The zero-order valence-electron chi connectivity index (χ0n) is 32.3. The Morgan fingerprint density at radius 3 is 1.44 bits per heavy atom.